The third kappa shape index (κ3) is 2.62. The molecule has 0 aromatic carbocycles. The van der Waals surface area contributed by atoms with Gasteiger partial charge < -0.3 is 10.0 Å². The molecule has 2 aliphatic rings. The molecule has 0 radical (unpaired) electrons. The summed E-state index contributed by atoms with van der Waals surface area (Å²) in [6.45, 7) is 1.59. The van der Waals surface area contributed by atoms with Crippen LogP contribution < -0.4 is 0 Å². The molecule has 1 saturated heterocycles. The molecule has 4 heteroatoms. The SMILES string of the molecule is O=C(O)/C=C\C(=O)N1CCC2CCC(C2)C1. The largest absolute Gasteiger partial charge is 0.478 e. The molecule has 0 aromatic heterocycles. The third-order valence-corrected chi connectivity index (χ3v) is 3.62. The zero-order chi connectivity index (χ0) is 11.5. The van der Waals surface area contributed by atoms with E-state index in [4.69, 9.17) is 5.11 Å². The lowest BCUT2D eigenvalue weighted by Gasteiger charge is -2.23. The van der Waals surface area contributed by atoms with Crippen LogP contribution in [0.2, 0.25) is 0 Å². The van der Waals surface area contributed by atoms with E-state index < -0.39 is 5.97 Å². The van der Waals surface area contributed by atoms with Crippen molar-refractivity contribution >= 4 is 11.9 Å². The first-order valence-corrected chi connectivity index (χ1v) is 5.85. The lowest BCUT2D eigenvalue weighted by atomic mass is 10.0. The van der Waals surface area contributed by atoms with Crippen molar-refractivity contribution in [2.75, 3.05) is 13.1 Å². The number of carboxylic acid groups (broad SMARTS) is 1. The van der Waals surface area contributed by atoms with Crippen LogP contribution in [0.1, 0.15) is 25.7 Å². The molecule has 2 fully saturated rings. The molecule has 2 atom stereocenters. The van der Waals surface area contributed by atoms with E-state index in [0.717, 1.165) is 31.5 Å². The van der Waals surface area contributed by atoms with Crippen LogP contribution in [0, 0.1) is 11.8 Å². The second kappa shape index (κ2) is 4.68. The van der Waals surface area contributed by atoms with Crippen LogP contribution in [0.3, 0.4) is 0 Å². The number of aliphatic carboxylic acids is 1. The fourth-order valence-corrected chi connectivity index (χ4v) is 2.80. The Morgan fingerprint density at radius 3 is 2.62 bits per heavy atom. The van der Waals surface area contributed by atoms with Gasteiger partial charge in [0.15, 0.2) is 0 Å². The van der Waals surface area contributed by atoms with E-state index in [2.05, 4.69) is 0 Å². The molecular weight excluding hydrogens is 206 g/mol. The number of carbonyl (C=O) groups excluding carboxylic acids is 1. The predicted molar refractivity (Wildman–Crippen MR) is 58.8 cm³/mol. The minimum Gasteiger partial charge on any atom is -0.478 e. The van der Waals surface area contributed by atoms with Crippen molar-refractivity contribution in [3.8, 4) is 0 Å². The Hall–Kier alpha value is -1.32. The summed E-state index contributed by atoms with van der Waals surface area (Å²) in [4.78, 5) is 23.8. The van der Waals surface area contributed by atoms with Crippen molar-refractivity contribution in [2.45, 2.75) is 25.7 Å². The number of likely N-dealkylation sites (tertiary alicyclic amines) is 1. The van der Waals surface area contributed by atoms with E-state index in [1.165, 1.54) is 25.3 Å². The molecule has 1 heterocycles. The summed E-state index contributed by atoms with van der Waals surface area (Å²) < 4.78 is 0. The molecule has 0 aromatic rings. The maximum atomic E-state index is 11.7. The van der Waals surface area contributed by atoms with Gasteiger partial charge in [-0.25, -0.2) is 4.79 Å². The van der Waals surface area contributed by atoms with Crippen molar-refractivity contribution in [1.82, 2.24) is 4.90 Å². The number of fused-ring (bicyclic) bond motifs is 2. The van der Waals surface area contributed by atoms with Gasteiger partial charge in [0.05, 0.1) is 0 Å². The molecule has 1 aliphatic carbocycles. The Bertz CT molecular complexity index is 324. The zero-order valence-corrected chi connectivity index (χ0v) is 9.26. The number of carboxylic acids is 1. The van der Waals surface area contributed by atoms with Gasteiger partial charge in [-0.2, -0.15) is 0 Å². The predicted octanol–water partition coefficient (Wildman–Crippen LogP) is 1.28. The minimum absolute atomic E-state index is 0.157. The topological polar surface area (TPSA) is 57.6 Å². The fourth-order valence-electron chi connectivity index (χ4n) is 2.80. The van der Waals surface area contributed by atoms with E-state index in [-0.39, 0.29) is 5.91 Å². The van der Waals surface area contributed by atoms with Gasteiger partial charge in [0.2, 0.25) is 5.91 Å². The Morgan fingerprint density at radius 2 is 1.88 bits per heavy atom. The number of amides is 1. The third-order valence-electron chi connectivity index (χ3n) is 3.62. The minimum atomic E-state index is -1.07. The summed E-state index contributed by atoms with van der Waals surface area (Å²) in [6, 6.07) is 0. The maximum absolute atomic E-state index is 11.7. The van der Waals surface area contributed by atoms with Gasteiger partial charge in [-0.15, -0.1) is 0 Å². The number of nitrogens with zero attached hydrogens (tertiary/aromatic N) is 1. The molecular formula is C12H17NO3. The van der Waals surface area contributed by atoms with Gasteiger partial charge in [-0.05, 0) is 31.1 Å². The number of carbonyl (C=O) groups is 2. The molecule has 1 N–H and O–H groups in total. The summed E-state index contributed by atoms with van der Waals surface area (Å²) in [5.74, 6) is 0.195. The molecule has 1 aliphatic heterocycles. The van der Waals surface area contributed by atoms with Gasteiger partial charge in [0, 0.05) is 25.2 Å². The van der Waals surface area contributed by atoms with Crippen LogP contribution >= 0.6 is 0 Å². The molecule has 2 rings (SSSR count). The Kier molecular flexibility index (Phi) is 3.27. The van der Waals surface area contributed by atoms with E-state index in [0.29, 0.717) is 5.92 Å². The lowest BCUT2D eigenvalue weighted by molar-refractivity contribution is -0.132. The normalized spacial score (nSPS) is 29.4. The molecule has 4 nitrogen and oxygen atoms in total. The van der Waals surface area contributed by atoms with Crippen molar-refractivity contribution in [3.05, 3.63) is 12.2 Å². The van der Waals surface area contributed by atoms with Crippen LogP contribution in [0.25, 0.3) is 0 Å². The second-order valence-corrected chi connectivity index (χ2v) is 4.79. The van der Waals surface area contributed by atoms with Crippen LogP contribution in [0.4, 0.5) is 0 Å². The summed E-state index contributed by atoms with van der Waals surface area (Å²) in [5, 5.41) is 8.46. The summed E-state index contributed by atoms with van der Waals surface area (Å²) >= 11 is 0. The number of hydrogen-bond donors (Lipinski definition) is 1. The van der Waals surface area contributed by atoms with E-state index in [1.54, 1.807) is 4.90 Å². The first-order valence-electron chi connectivity index (χ1n) is 5.85. The quantitative estimate of drug-likeness (QED) is 0.717. The van der Waals surface area contributed by atoms with Crippen LogP contribution in [0.15, 0.2) is 12.2 Å². The highest BCUT2D eigenvalue weighted by Gasteiger charge is 2.31. The highest BCUT2D eigenvalue weighted by molar-refractivity contribution is 5.93. The van der Waals surface area contributed by atoms with E-state index in [1.807, 2.05) is 0 Å². The zero-order valence-electron chi connectivity index (χ0n) is 9.26. The van der Waals surface area contributed by atoms with Gasteiger partial charge in [-0.1, -0.05) is 6.42 Å². The molecule has 16 heavy (non-hydrogen) atoms. The highest BCUT2D eigenvalue weighted by atomic mass is 16.4. The average molecular weight is 223 g/mol. The molecule has 2 unspecified atom stereocenters. The fraction of sp³-hybridized carbons (Fsp3) is 0.667. The Morgan fingerprint density at radius 1 is 1.12 bits per heavy atom. The number of rotatable bonds is 2. The first kappa shape index (κ1) is 11.2. The standard InChI is InChI=1S/C12H17NO3/c14-11(3-4-12(15)16)13-6-5-9-1-2-10(7-9)8-13/h3-4,9-10H,1-2,5-8H2,(H,15,16)/b4-3-. The molecule has 1 saturated carbocycles. The van der Waals surface area contributed by atoms with Crippen LogP contribution in [-0.2, 0) is 9.59 Å². The summed E-state index contributed by atoms with van der Waals surface area (Å²) in [6.07, 6.45) is 6.93. The molecule has 0 spiro atoms. The highest BCUT2D eigenvalue weighted by Crippen LogP contribution is 2.36. The molecule has 1 amide bonds. The molecule has 88 valence electrons. The van der Waals surface area contributed by atoms with Crippen molar-refractivity contribution < 1.29 is 14.7 Å². The molecule has 2 bridgehead atoms. The van der Waals surface area contributed by atoms with Crippen molar-refractivity contribution in [2.24, 2.45) is 11.8 Å². The smallest absolute Gasteiger partial charge is 0.328 e. The van der Waals surface area contributed by atoms with Gasteiger partial charge in [0.25, 0.3) is 0 Å². The monoisotopic (exact) mass is 223 g/mol. The second-order valence-electron chi connectivity index (χ2n) is 4.79. The van der Waals surface area contributed by atoms with Crippen LogP contribution in [-0.4, -0.2) is 35.0 Å². The maximum Gasteiger partial charge on any atom is 0.328 e. The van der Waals surface area contributed by atoms with E-state index in [9.17, 15) is 9.59 Å². The Labute approximate surface area is 94.9 Å². The van der Waals surface area contributed by atoms with Crippen molar-refractivity contribution in [1.29, 1.82) is 0 Å². The first-order chi connectivity index (χ1) is 7.65. The Balaban J connectivity index is 1.94. The lowest BCUT2D eigenvalue weighted by Crippen LogP contribution is -2.33. The van der Waals surface area contributed by atoms with Crippen LogP contribution in [0.5, 0.6) is 0 Å². The van der Waals surface area contributed by atoms with E-state index >= 15 is 0 Å². The average Bonchev–Trinajstić information content (AvgIpc) is 2.55. The van der Waals surface area contributed by atoms with Crippen molar-refractivity contribution in [3.63, 3.8) is 0 Å². The number of hydrogen-bond acceptors (Lipinski definition) is 2. The van der Waals surface area contributed by atoms with Gasteiger partial charge in [-0.3, -0.25) is 4.79 Å². The van der Waals surface area contributed by atoms with Gasteiger partial charge in [0.1, 0.15) is 0 Å². The summed E-state index contributed by atoms with van der Waals surface area (Å²) in [5.41, 5.74) is 0. The summed E-state index contributed by atoms with van der Waals surface area (Å²) in [7, 11) is 0. The van der Waals surface area contributed by atoms with Gasteiger partial charge >= 0.3 is 5.97 Å².